The highest BCUT2D eigenvalue weighted by Crippen LogP contribution is 2.60. The van der Waals surface area contributed by atoms with Crippen molar-refractivity contribution in [1.29, 1.82) is 0 Å². The van der Waals surface area contributed by atoms with E-state index in [0.717, 1.165) is 62.1 Å². The number of hydrogen-bond donors (Lipinski definition) is 6. The Hall–Kier alpha value is -3.32. The normalized spacial score (nSPS) is 20.8. The third kappa shape index (κ3) is 26.6. The minimum absolute atomic E-state index is 0.00928. The Balaban J connectivity index is 1.87. The Bertz CT molecular complexity index is 1800. The number of aliphatic hydroxyl groups is 3. The maximum Gasteiger partial charge on any atom is 0.481 e. The lowest BCUT2D eigenvalue weighted by Crippen LogP contribution is -2.36. The molecule has 0 radical (unpaired) electrons. The molecule has 0 aromatic carbocycles. The second-order valence-corrected chi connectivity index (χ2v) is 19.3. The Kier molecular flexibility index (Phi) is 28.8. The van der Waals surface area contributed by atoms with E-state index in [-0.39, 0.29) is 18.7 Å². The van der Waals surface area contributed by atoms with Crippen LogP contribution in [0.4, 0.5) is 5.82 Å². The molecule has 2 rings (SSSR count). The van der Waals surface area contributed by atoms with Crippen molar-refractivity contribution in [2.75, 3.05) is 25.6 Å². The van der Waals surface area contributed by atoms with Gasteiger partial charge in [-0.05, 0) is 56.9 Å². The molecule has 21 heteroatoms. The zero-order chi connectivity index (χ0) is 48.1. The fourth-order valence-electron chi connectivity index (χ4n) is 6.33. The molecule has 3 unspecified atom stereocenters. The van der Waals surface area contributed by atoms with Crippen LogP contribution in [-0.2, 0) is 46.3 Å². The highest BCUT2D eigenvalue weighted by Gasteiger charge is 2.46. The molecule has 19 nitrogen and oxygen atoms in total. The number of phosphoric ester groups is 2. The first kappa shape index (κ1) is 57.8. The van der Waals surface area contributed by atoms with Crippen LogP contribution in [0.15, 0.2) is 65.7 Å². The molecule has 1 aromatic heterocycles. The van der Waals surface area contributed by atoms with Gasteiger partial charge in [-0.25, -0.2) is 13.9 Å². The predicted molar refractivity (Wildman–Crippen MR) is 244 cm³/mol. The molecule has 1 aromatic rings. The monoisotopic (exact) mass is 961 g/mol. The minimum atomic E-state index is -5.44. The van der Waals surface area contributed by atoms with Crippen LogP contribution in [0, 0.1) is 5.92 Å². The number of phosphoric acid groups is 2. The van der Waals surface area contributed by atoms with Crippen LogP contribution in [0.3, 0.4) is 0 Å². The summed E-state index contributed by atoms with van der Waals surface area (Å²) in [6, 6.07) is 1.24. The zero-order valence-electron chi connectivity index (χ0n) is 38.1. The lowest BCUT2D eigenvalue weighted by molar-refractivity contribution is -0.161. The van der Waals surface area contributed by atoms with Gasteiger partial charge < -0.3 is 45.1 Å². The topological polar surface area (TPSA) is 286 Å². The van der Waals surface area contributed by atoms with E-state index >= 15 is 0 Å². The molecule has 1 aliphatic heterocycles. The van der Waals surface area contributed by atoms with Crippen molar-refractivity contribution in [2.45, 2.75) is 167 Å². The standard InChI is InChI=1S/C44H73N3O16P2/c1-4-5-6-7-8-9-10-15-20-25-35(48)26-21-16-13-18-22-27-39(49)58-31-36(61-40(50)28-23-17-12-11-14-19-24-34(2)3)32-59-64(54,55)63-65(56,57)60-33-37-41(51)42(52)43(62-37)47-30-29-38(45)46-44(47)53/h8-9,13,15-16,20-21,26,29-30,34-37,41-43,48,51-52H,4-7,10-12,14,17-19,22-25,27-28,31-33H2,1-3H3,(H,54,55)(H,56,57)(H2,45,46,53)/b9-8-,16-13+,20-15-,26-21-/t35?,36-,37-,41-,42-,43-/m1/s1. The Labute approximate surface area is 382 Å². The number of nitrogens with zero attached hydrogens (tertiary/aromatic N) is 2. The van der Waals surface area contributed by atoms with Crippen molar-refractivity contribution in [1.82, 2.24) is 9.55 Å². The molecule has 0 saturated carbocycles. The first-order valence-electron chi connectivity index (χ1n) is 22.6. The summed E-state index contributed by atoms with van der Waals surface area (Å²) >= 11 is 0. The number of ether oxygens (including phenoxy) is 3. The summed E-state index contributed by atoms with van der Waals surface area (Å²) in [7, 11) is -10.9. The number of aliphatic hydroxyl groups excluding tert-OH is 3. The SMILES string of the molecule is CCCCC/C=C\C/C=C\CC(O)/C=C\C=C\CCCC(=O)OC[C@H](COP(=O)(O)OP(=O)(O)OC[C@H]1O[C@@H](n2ccc(N)nc2=O)[C@H](O)[C@@H]1O)OC(=O)CCCCCCCCC(C)C. The summed E-state index contributed by atoms with van der Waals surface area (Å²) in [6.07, 6.45) is 21.5. The number of rotatable bonds is 35. The lowest BCUT2D eigenvalue weighted by atomic mass is 10.0. The summed E-state index contributed by atoms with van der Waals surface area (Å²) in [4.78, 5) is 61.5. The summed E-state index contributed by atoms with van der Waals surface area (Å²) in [5.41, 5.74) is 4.56. The molecular weight excluding hydrogens is 888 g/mol. The summed E-state index contributed by atoms with van der Waals surface area (Å²) in [5, 5.41) is 31.0. The number of unbranched alkanes of at least 4 members (excludes halogenated alkanes) is 9. The van der Waals surface area contributed by atoms with E-state index in [2.05, 4.69) is 42.2 Å². The van der Waals surface area contributed by atoms with Crippen LogP contribution in [0.25, 0.3) is 0 Å². The number of nitrogens with two attached hydrogens (primary N) is 1. The quantitative estimate of drug-likeness (QED) is 0.0131. The summed E-state index contributed by atoms with van der Waals surface area (Å²) in [6.45, 7) is 4.12. The first-order valence-corrected chi connectivity index (χ1v) is 25.6. The third-order valence-electron chi connectivity index (χ3n) is 9.93. The number of aromatic nitrogens is 2. The van der Waals surface area contributed by atoms with E-state index in [4.69, 9.17) is 29.0 Å². The van der Waals surface area contributed by atoms with E-state index in [1.807, 2.05) is 18.2 Å². The average molecular weight is 962 g/mol. The molecule has 0 aliphatic carbocycles. The van der Waals surface area contributed by atoms with E-state index < -0.39 is 89.8 Å². The number of allylic oxidation sites excluding steroid dienone is 6. The zero-order valence-corrected chi connectivity index (χ0v) is 39.8. The number of carbonyl (C=O) groups is 2. The second-order valence-electron chi connectivity index (χ2n) is 16.2. The molecule has 0 spiro atoms. The fourth-order valence-corrected chi connectivity index (χ4v) is 8.44. The van der Waals surface area contributed by atoms with E-state index in [0.29, 0.717) is 31.6 Å². The van der Waals surface area contributed by atoms with Crippen LogP contribution in [0.5, 0.6) is 0 Å². The van der Waals surface area contributed by atoms with Crippen molar-refractivity contribution in [3.05, 3.63) is 71.4 Å². The van der Waals surface area contributed by atoms with Gasteiger partial charge in [-0.2, -0.15) is 9.29 Å². The van der Waals surface area contributed by atoms with Crippen LogP contribution >= 0.6 is 15.6 Å². The van der Waals surface area contributed by atoms with Gasteiger partial charge in [0, 0.05) is 19.0 Å². The number of hydrogen-bond acceptors (Lipinski definition) is 16. The second kappa shape index (κ2) is 32.4. The van der Waals surface area contributed by atoms with Gasteiger partial charge in [0.15, 0.2) is 12.3 Å². The molecule has 2 heterocycles. The van der Waals surface area contributed by atoms with Crippen LogP contribution in [0.2, 0.25) is 0 Å². The van der Waals surface area contributed by atoms with Gasteiger partial charge in [-0.1, -0.05) is 121 Å². The maximum absolute atomic E-state index is 12.8. The molecule has 1 saturated heterocycles. The van der Waals surface area contributed by atoms with Crippen LogP contribution in [-0.4, -0.2) is 96.9 Å². The number of carbonyl (C=O) groups excluding carboxylic acids is 2. The number of nitrogen functional groups attached to an aromatic ring is 1. The number of anilines is 1. The van der Waals surface area contributed by atoms with Gasteiger partial charge in [0.2, 0.25) is 0 Å². The summed E-state index contributed by atoms with van der Waals surface area (Å²) < 4.78 is 56.3. The predicted octanol–water partition coefficient (Wildman–Crippen LogP) is 7.04. The van der Waals surface area contributed by atoms with Gasteiger partial charge >= 0.3 is 33.3 Å². The van der Waals surface area contributed by atoms with E-state index in [9.17, 15) is 48.6 Å². The minimum Gasteiger partial charge on any atom is -0.462 e. The molecule has 0 bridgehead atoms. The van der Waals surface area contributed by atoms with Gasteiger partial charge in [-0.15, -0.1) is 0 Å². The van der Waals surface area contributed by atoms with Gasteiger partial charge in [0.1, 0.15) is 30.7 Å². The smallest absolute Gasteiger partial charge is 0.462 e. The molecule has 7 N–H and O–H groups in total. The molecule has 8 atom stereocenters. The van der Waals surface area contributed by atoms with Crippen LogP contribution in [0.1, 0.15) is 136 Å². The number of esters is 2. The molecule has 0 amide bonds. The lowest BCUT2D eigenvalue weighted by Gasteiger charge is -2.21. The van der Waals surface area contributed by atoms with Gasteiger partial charge in [0.25, 0.3) is 0 Å². The van der Waals surface area contributed by atoms with E-state index in [1.54, 1.807) is 18.2 Å². The average Bonchev–Trinajstić information content (AvgIpc) is 3.52. The molecule has 1 fully saturated rings. The largest absolute Gasteiger partial charge is 0.481 e. The third-order valence-corrected chi connectivity index (χ3v) is 12.5. The fraction of sp³-hybridized carbons (Fsp3) is 0.682. The van der Waals surface area contributed by atoms with Crippen molar-refractivity contribution < 1.29 is 71.4 Å². The Morgan fingerprint density at radius 3 is 2.26 bits per heavy atom. The van der Waals surface area contributed by atoms with Crippen molar-refractivity contribution in [3.8, 4) is 0 Å². The van der Waals surface area contributed by atoms with Crippen molar-refractivity contribution >= 4 is 33.4 Å². The molecule has 65 heavy (non-hydrogen) atoms. The Morgan fingerprint density at radius 2 is 1.54 bits per heavy atom. The Morgan fingerprint density at radius 1 is 0.862 bits per heavy atom. The molecule has 1 aliphatic rings. The highest BCUT2D eigenvalue weighted by atomic mass is 31.3. The van der Waals surface area contributed by atoms with E-state index in [1.165, 1.54) is 25.3 Å². The summed E-state index contributed by atoms with van der Waals surface area (Å²) in [5.74, 6) is -0.798. The first-order chi connectivity index (χ1) is 30.9. The molecule has 370 valence electrons. The van der Waals surface area contributed by atoms with Gasteiger partial charge in [0.05, 0.1) is 19.3 Å². The van der Waals surface area contributed by atoms with Gasteiger partial charge in [-0.3, -0.25) is 23.2 Å². The van der Waals surface area contributed by atoms with Crippen molar-refractivity contribution in [2.24, 2.45) is 5.92 Å². The van der Waals surface area contributed by atoms with Crippen molar-refractivity contribution in [3.63, 3.8) is 0 Å². The maximum atomic E-state index is 12.8. The molecular formula is C44H73N3O16P2. The highest BCUT2D eigenvalue weighted by molar-refractivity contribution is 7.61. The van der Waals surface area contributed by atoms with Crippen LogP contribution < -0.4 is 11.4 Å².